The van der Waals surface area contributed by atoms with Gasteiger partial charge in [-0.2, -0.15) is 0 Å². The lowest BCUT2D eigenvalue weighted by molar-refractivity contribution is 0.199. The van der Waals surface area contributed by atoms with E-state index in [1.165, 1.54) is 0 Å². The van der Waals surface area contributed by atoms with Crippen molar-refractivity contribution in [1.82, 2.24) is 10.6 Å². The smallest absolute Gasteiger partial charge is 0.119 e. The zero-order valence-corrected chi connectivity index (χ0v) is 12.2. The summed E-state index contributed by atoms with van der Waals surface area (Å²) in [6, 6.07) is 7.41. The summed E-state index contributed by atoms with van der Waals surface area (Å²) >= 11 is 5.79. The Morgan fingerprint density at radius 1 is 0.947 bits per heavy atom. The van der Waals surface area contributed by atoms with Crippen LogP contribution in [0.2, 0.25) is 5.02 Å². The van der Waals surface area contributed by atoms with Crippen LogP contribution in [0.25, 0.3) is 0 Å². The van der Waals surface area contributed by atoms with Gasteiger partial charge < -0.3 is 20.1 Å². The standard InChI is InChI=1S/C14H23ClN2O2/c1-18-11-9-16-7-2-8-17-10-12-19-14-5-3-13(15)4-6-14/h3-6,16-17H,2,7-12H2,1H3. The van der Waals surface area contributed by atoms with Gasteiger partial charge >= 0.3 is 0 Å². The fraction of sp³-hybridized carbons (Fsp3) is 0.571. The topological polar surface area (TPSA) is 42.5 Å². The maximum Gasteiger partial charge on any atom is 0.119 e. The number of halogens is 1. The van der Waals surface area contributed by atoms with Gasteiger partial charge in [0.1, 0.15) is 12.4 Å². The Morgan fingerprint density at radius 2 is 1.58 bits per heavy atom. The second kappa shape index (κ2) is 11.1. The first-order chi connectivity index (χ1) is 9.33. The summed E-state index contributed by atoms with van der Waals surface area (Å²) in [5.41, 5.74) is 0. The maximum absolute atomic E-state index is 5.79. The summed E-state index contributed by atoms with van der Waals surface area (Å²) < 4.78 is 10.5. The average molecular weight is 287 g/mol. The number of hydrogen-bond acceptors (Lipinski definition) is 4. The van der Waals surface area contributed by atoms with Crippen molar-refractivity contribution >= 4 is 11.6 Å². The molecule has 2 N–H and O–H groups in total. The first-order valence-corrected chi connectivity index (χ1v) is 6.99. The first kappa shape index (κ1) is 16.2. The lowest BCUT2D eigenvalue weighted by atomic mass is 10.3. The highest BCUT2D eigenvalue weighted by Crippen LogP contribution is 2.14. The van der Waals surface area contributed by atoms with Gasteiger partial charge in [-0.25, -0.2) is 0 Å². The van der Waals surface area contributed by atoms with Crippen molar-refractivity contribution in [2.45, 2.75) is 6.42 Å². The third kappa shape index (κ3) is 8.83. The monoisotopic (exact) mass is 286 g/mol. The van der Waals surface area contributed by atoms with Gasteiger partial charge in [-0.05, 0) is 43.8 Å². The van der Waals surface area contributed by atoms with Gasteiger partial charge in [-0.3, -0.25) is 0 Å². The molecule has 0 radical (unpaired) electrons. The molecule has 0 aliphatic carbocycles. The van der Waals surface area contributed by atoms with E-state index >= 15 is 0 Å². The van der Waals surface area contributed by atoms with Gasteiger partial charge in [0, 0.05) is 25.2 Å². The minimum atomic E-state index is 0.665. The molecule has 0 unspecified atom stereocenters. The molecule has 0 amide bonds. The third-order valence-electron chi connectivity index (χ3n) is 2.55. The van der Waals surface area contributed by atoms with E-state index in [1.54, 1.807) is 7.11 Å². The maximum atomic E-state index is 5.79. The number of rotatable bonds is 11. The molecule has 0 saturated carbocycles. The van der Waals surface area contributed by atoms with Crippen molar-refractivity contribution in [1.29, 1.82) is 0 Å². The van der Waals surface area contributed by atoms with E-state index in [0.717, 1.165) is 50.0 Å². The molecule has 0 aromatic heterocycles. The van der Waals surface area contributed by atoms with Crippen LogP contribution in [0.4, 0.5) is 0 Å². The molecule has 1 aromatic carbocycles. The molecule has 4 nitrogen and oxygen atoms in total. The quantitative estimate of drug-likeness (QED) is 0.610. The highest BCUT2D eigenvalue weighted by atomic mass is 35.5. The lowest BCUT2D eigenvalue weighted by Gasteiger charge is -2.08. The van der Waals surface area contributed by atoms with Crippen molar-refractivity contribution < 1.29 is 9.47 Å². The van der Waals surface area contributed by atoms with E-state index in [-0.39, 0.29) is 0 Å². The van der Waals surface area contributed by atoms with Crippen LogP contribution in [0.3, 0.4) is 0 Å². The molecular weight excluding hydrogens is 264 g/mol. The molecule has 108 valence electrons. The molecule has 0 atom stereocenters. The molecule has 0 saturated heterocycles. The summed E-state index contributed by atoms with van der Waals surface area (Å²) in [7, 11) is 1.71. The Balaban J connectivity index is 1.87. The molecular formula is C14H23ClN2O2. The van der Waals surface area contributed by atoms with E-state index in [9.17, 15) is 0 Å². The van der Waals surface area contributed by atoms with E-state index < -0.39 is 0 Å². The zero-order valence-electron chi connectivity index (χ0n) is 11.5. The molecule has 1 rings (SSSR count). The summed E-state index contributed by atoms with van der Waals surface area (Å²) in [5, 5.41) is 7.36. The predicted molar refractivity (Wildman–Crippen MR) is 79.2 cm³/mol. The van der Waals surface area contributed by atoms with Crippen LogP contribution in [0.15, 0.2) is 24.3 Å². The van der Waals surface area contributed by atoms with Crippen molar-refractivity contribution in [3.8, 4) is 5.75 Å². The van der Waals surface area contributed by atoms with Gasteiger partial charge in [0.25, 0.3) is 0 Å². The SMILES string of the molecule is COCCNCCCNCCOc1ccc(Cl)cc1. The Bertz CT molecular complexity index is 320. The zero-order chi connectivity index (χ0) is 13.8. The highest BCUT2D eigenvalue weighted by molar-refractivity contribution is 6.30. The predicted octanol–water partition coefficient (Wildman–Crippen LogP) is 1.93. The minimum absolute atomic E-state index is 0.665. The first-order valence-electron chi connectivity index (χ1n) is 6.61. The van der Waals surface area contributed by atoms with Crippen LogP contribution in [-0.4, -0.2) is 46.5 Å². The van der Waals surface area contributed by atoms with Gasteiger partial charge in [0.05, 0.1) is 6.61 Å². The second-order valence-electron chi connectivity index (χ2n) is 4.15. The van der Waals surface area contributed by atoms with E-state index in [4.69, 9.17) is 21.1 Å². The Labute approximate surface area is 120 Å². The third-order valence-corrected chi connectivity index (χ3v) is 2.80. The number of ether oxygens (including phenoxy) is 2. The fourth-order valence-corrected chi connectivity index (χ4v) is 1.66. The van der Waals surface area contributed by atoms with Gasteiger partial charge in [-0.1, -0.05) is 11.6 Å². The summed E-state index contributed by atoms with van der Waals surface area (Å²) in [6.45, 7) is 5.19. The number of nitrogens with one attached hydrogen (secondary N) is 2. The minimum Gasteiger partial charge on any atom is -0.492 e. The molecule has 0 aliphatic rings. The van der Waals surface area contributed by atoms with Crippen LogP contribution in [0, 0.1) is 0 Å². The molecule has 19 heavy (non-hydrogen) atoms. The number of methoxy groups -OCH3 is 1. The van der Waals surface area contributed by atoms with Crippen LogP contribution in [-0.2, 0) is 4.74 Å². The van der Waals surface area contributed by atoms with E-state index in [2.05, 4.69) is 10.6 Å². The lowest BCUT2D eigenvalue weighted by Crippen LogP contribution is -2.26. The van der Waals surface area contributed by atoms with Crippen molar-refractivity contribution in [2.75, 3.05) is 46.5 Å². The Kier molecular flexibility index (Phi) is 9.45. The fourth-order valence-electron chi connectivity index (χ4n) is 1.53. The Morgan fingerprint density at radius 3 is 2.21 bits per heavy atom. The van der Waals surface area contributed by atoms with Gasteiger partial charge in [0.15, 0.2) is 0 Å². The van der Waals surface area contributed by atoms with Crippen molar-refractivity contribution in [3.05, 3.63) is 29.3 Å². The second-order valence-corrected chi connectivity index (χ2v) is 4.59. The summed E-state index contributed by atoms with van der Waals surface area (Å²) in [4.78, 5) is 0. The number of hydrogen-bond donors (Lipinski definition) is 2. The van der Waals surface area contributed by atoms with Crippen molar-refractivity contribution in [2.24, 2.45) is 0 Å². The van der Waals surface area contributed by atoms with E-state index in [1.807, 2.05) is 24.3 Å². The Hall–Kier alpha value is -0.810. The molecule has 0 heterocycles. The number of benzene rings is 1. The average Bonchev–Trinajstić information content (AvgIpc) is 2.43. The normalized spacial score (nSPS) is 10.6. The highest BCUT2D eigenvalue weighted by Gasteiger charge is 1.94. The molecule has 0 fully saturated rings. The van der Waals surface area contributed by atoms with Crippen LogP contribution < -0.4 is 15.4 Å². The van der Waals surface area contributed by atoms with E-state index in [0.29, 0.717) is 6.61 Å². The molecule has 0 spiro atoms. The van der Waals surface area contributed by atoms with Gasteiger partial charge in [0.2, 0.25) is 0 Å². The van der Waals surface area contributed by atoms with Gasteiger partial charge in [-0.15, -0.1) is 0 Å². The van der Waals surface area contributed by atoms with Crippen LogP contribution >= 0.6 is 11.6 Å². The molecule has 0 bridgehead atoms. The van der Waals surface area contributed by atoms with Crippen LogP contribution in [0.1, 0.15) is 6.42 Å². The largest absolute Gasteiger partial charge is 0.492 e. The summed E-state index contributed by atoms with van der Waals surface area (Å²) in [5.74, 6) is 0.854. The molecule has 0 aliphatic heterocycles. The molecule has 5 heteroatoms. The van der Waals surface area contributed by atoms with Crippen LogP contribution in [0.5, 0.6) is 5.75 Å². The van der Waals surface area contributed by atoms with Crippen molar-refractivity contribution in [3.63, 3.8) is 0 Å². The molecule has 1 aromatic rings. The summed E-state index contributed by atoms with van der Waals surface area (Å²) in [6.07, 6.45) is 1.10.